The van der Waals surface area contributed by atoms with Crippen LogP contribution < -0.4 is 14.7 Å². The summed E-state index contributed by atoms with van der Waals surface area (Å²) in [6.45, 7) is 0. The van der Waals surface area contributed by atoms with Crippen molar-refractivity contribution < 1.29 is 0 Å². The predicted octanol–water partition coefficient (Wildman–Crippen LogP) is 17.5. The monoisotopic (exact) mass is 1110 g/mol. The normalized spacial score (nSPS) is 15.1. The van der Waals surface area contributed by atoms with E-state index >= 15 is 0 Å². The summed E-state index contributed by atoms with van der Waals surface area (Å²) in [5, 5.41) is 10.2. The van der Waals surface area contributed by atoms with Crippen LogP contribution in [0.2, 0.25) is 0 Å². The number of benzene rings is 10. The molecule has 0 fully saturated rings. The molecule has 0 N–H and O–H groups in total. The molecule has 10 aromatic carbocycles. The first-order valence-corrected chi connectivity index (χ1v) is 30.6. The Morgan fingerprint density at radius 3 is 1.68 bits per heavy atom. The first-order chi connectivity index (χ1) is 35.6. The van der Waals surface area contributed by atoms with Gasteiger partial charge in [0.2, 0.25) is 0 Å². The number of rotatable bonds is 8. The summed E-state index contributed by atoms with van der Waals surface area (Å²) in [4.78, 5) is 13.8. The van der Waals surface area contributed by atoms with Crippen molar-refractivity contribution in [2.75, 3.05) is 4.90 Å². The minimum absolute atomic E-state index is 0.332. The van der Waals surface area contributed by atoms with E-state index in [2.05, 4.69) is 235 Å². The molecule has 3 aromatic heterocycles. The molecule has 2 unspecified atom stereocenters. The summed E-state index contributed by atoms with van der Waals surface area (Å²) in [5.74, 6) is 0.332. The molecule has 15 rings (SSSR count). The molecule has 0 bridgehead atoms. The Balaban J connectivity index is 0.777. The number of thioether (sulfide) groups is 1. The van der Waals surface area contributed by atoms with Crippen LogP contribution >= 0.6 is 65.6 Å². The van der Waals surface area contributed by atoms with Crippen molar-refractivity contribution in [3.63, 3.8) is 0 Å². The molecule has 0 amide bonds. The second kappa shape index (κ2) is 17.4. The zero-order valence-electron chi connectivity index (χ0n) is 38.4. The SMILES string of the molecule is C1=c2sc3cc(N(c4ccc(-c5nc6ccccc6s5)cc4)c4ccc5ccccc5c4)ccc3c2=CC2Sc3cc(I(c4ccc(-c5nc6ccccc6s5)cc4)c4ccc5ccccc5c4)ccc3C12. The fourth-order valence-corrected chi connectivity index (χ4v) is 20.8. The van der Waals surface area contributed by atoms with Crippen molar-refractivity contribution in [3.05, 3.63) is 244 Å². The summed E-state index contributed by atoms with van der Waals surface area (Å²) < 4.78 is 9.48. The van der Waals surface area contributed by atoms with Crippen LogP contribution in [0.1, 0.15) is 11.5 Å². The average molecular weight is 1110 g/mol. The summed E-state index contributed by atoms with van der Waals surface area (Å²) in [6, 6.07) is 81.1. The molecule has 0 saturated carbocycles. The van der Waals surface area contributed by atoms with E-state index in [1.165, 1.54) is 77.5 Å². The first kappa shape index (κ1) is 42.7. The van der Waals surface area contributed by atoms with Crippen molar-refractivity contribution in [2.24, 2.45) is 0 Å². The van der Waals surface area contributed by atoms with Crippen LogP contribution in [-0.2, 0) is 0 Å². The van der Waals surface area contributed by atoms with E-state index in [1.54, 1.807) is 22.7 Å². The second-order valence-corrected chi connectivity index (χ2v) is 28.1. The van der Waals surface area contributed by atoms with Gasteiger partial charge in [0.1, 0.15) is 5.01 Å². The zero-order valence-corrected chi connectivity index (χ0v) is 43.9. The van der Waals surface area contributed by atoms with Gasteiger partial charge in [0.15, 0.2) is 0 Å². The number of anilines is 3. The Kier molecular flexibility index (Phi) is 10.3. The maximum absolute atomic E-state index is 4.99. The number of halogens is 1. The van der Waals surface area contributed by atoms with Crippen LogP contribution in [0.3, 0.4) is 0 Å². The van der Waals surface area contributed by atoms with Gasteiger partial charge >= 0.3 is 293 Å². The molecule has 4 heterocycles. The Morgan fingerprint density at radius 1 is 0.417 bits per heavy atom. The molecule has 0 radical (unpaired) electrons. The van der Waals surface area contributed by atoms with Crippen molar-refractivity contribution in [1.82, 2.24) is 9.97 Å². The number of fused-ring (bicyclic) bond motifs is 10. The van der Waals surface area contributed by atoms with E-state index in [0.717, 1.165) is 43.7 Å². The first-order valence-electron chi connectivity index (χ1n) is 24.1. The van der Waals surface area contributed by atoms with Crippen LogP contribution in [-0.4, -0.2) is 15.2 Å². The molecular formula is C64H40IN3S4. The number of thiophene rings is 1. The van der Waals surface area contributed by atoms with E-state index in [-0.39, 0.29) is 0 Å². The third-order valence-electron chi connectivity index (χ3n) is 14.0. The molecule has 342 valence electrons. The van der Waals surface area contributed by atoms with Crippen LogP contribution in [0.15, 0.2) is 223 Å². The molecule has 72 heavy (non-hydrogen) atoms. The van der Waals surface area contributed by atoms with E-state index < -0.39 is 19.8 Å². The molecule has 8 heteroatoms. The Hall–Kier alpha value is -6.92. The molecule has 1 aliphatic carbocycles. The van der Waals surface area contributed by atoms with Gasteiger partial charge in [-0.1, -0.05) is 42.5 Å². The van der Waals surface area contributed by atoms with Gasteiger partial charge in [-0.05, 0) is 59.3 Å². The second-order valence-electron chi connectivity index (χ2n) is 18.4. The fraction of sp³-hybridized carbons (Fsp3) is 0.0312. The number of thiazole rings is 2. The van der Waals surface area contributed by atoms with Gasteiger partial charge in [-0.15, -0.1) is 11.3 Å². The number of hydrogen-bond acceptors (Lipinski definition) is 7. The number of aromatic nitrogens is 2. The molecule has 2 aliphatic rings. The summed E-state index contributed by atoms with van der Waals surface area (Å²) >= 11 is 5.37. The third kappa shape index (κ3) is 7.41. The van der Waals surface area contributed by atoms with Gasteiger partial charge in [-0.2, -0.15) is 0 Å². The van der Waals surface area contributed by atoms with Gasteiger partial charge in [0, 0.05) is 16.9 Å². The van der Waals surface area contributed by atoms with Gasteiger partial charge in [0.05, 0.1) is 10.2 Å². The molecule has 0 saturated heterocycles. The van der Waals surface area contributed by atoms with Crippen LogP contribution in [0.4, 0.5) is 17.1 Å². The molecule has 2 atom stereocenters. The number of hydrogen-bond donors (Lipinski definition) is 0. The molecule has 13 aromatic rings. The fourth-order valence-electron chi connectivity index (χ4n) is 10.5. The van der Waals surface area contributed by atoms with Crippen LogP contribution in [0, 0.1) is 10.7 Å². The number of nitrogens with zero attached hydrogens (tertiary/aromatic N) is 3. The maximum atomic E-state index is 4.99. The van der Waals surface area contributed by atoms with Crippen molar-refractivity contribution >= 4 is 147 Å². The third-order valence-corrected chi connectivity index (χ3v) is 24.4. The quantitative estimate of drug-likeness (QED) is 0.142. The topological polar surface area (TPSA) is 29.0 Å². The molecule has 3 nitrogen and oxygen atoms in total. The van der Waals surface area contributed by atoms with Crippen molar-refractivity contribution in [1.29, 1.82) is 0 Å². The van der Waals surface area contributed by atoms with Gasteiger partial charge < -0.3 is 0 Å². The molecule has 1 aliphatic heterocycles. The summed E-state index contributed by atoms with van der Waals surface area (Å²) in [7, 11) is 0. The predicted molar refractivity (Wildman–Crippen MR) is 319 cm³/mol. The van der Waals surface area contributed by atoms with Gasteiger partial charge in [-0.3, -0.25) is 0 Å². The summed E-state index contributed by atoms with van der Waals surface area (Å²) in [6.07, 6.45) is 5.15. The van der Waals surface area contributed by atoms with Crippen LogP contribution in [0.25, 0.3) is 85.4 Å². The van der Waals surface area contributed by atoms with Crippen LogP contribution in [0.5, 0.6) is 0 Å². The minimum atomic E-state index is -2.12. The van der Waals surface area contributed by atoms with E-state index in [1.807, 2.05) is 23.1 Å². The summed E-state index contributed by atoms with van der Waals surface area (Å²) in [5.41, 5.74) is 9.27. The van der Waals surface area contributed by atoms with E-state index in [9.17, 15) is 0 Å². The van der Waals surface area contributed by atoms with Crippen molar-refractivity contribution in [2.45, 2.75) is 16.1 Å². The Labute approximate surface area is 439 Å². The van der Waals surface area contributed by atoms with E-state index in [0.29, 0.717) is 11.2 Å². The molecular weight excluding hydrogens is 1070 g/mol. The average Bonchev–Trinajstić information content (AvgIpc) is 4.23. The Bertz CT molecular complexity index is 4350. The van der Waals surface area contributed by atoms with E-state index in [4.69, 9.17) is 9.97 Å². The van der Waals surface area contributed by atoms with Gasteiger partial charge in [0.25, 0.3) is 0 Å². The number of para-hydroxylation sites is 2. The zero-order chi connectivity index (χ0) is 47.3. The Morgan fingerprint density at radius 2 is 0.972 bits per heavy atom. The van der Waals surface area contributed by atoms with Crippen molar-refractivity contribution in [3.8, 4) is 21.1 Å². The van der Waals surface area contributed by atoms with Gasteiger partial charge in [-0.25, -0.2) is 4.98 Å². The standard InChI is InChI=1S/C64H40IN3S4/c1-3-11-43-33-46(25-17-39(43)9-1)65(45-23-18-41(19-24-45)63-66-55-13-5-7-15-57(55)71-63)47-26-31-51-53-37-62-54(38-61(53)69-59(51)35-47)52-32-30-50(36-60(52)70-62)68(49-29-20-40-10-2-4-12-44(40)34-49)48-27-21-42(22-28-48)64-67-56-14-6-8-16-58(56)72-64/h1-38,53,61H. The molecule has 0 spiro atoms.